The van der Waals surface area contributed by atoms with Gasteiger partial charge in [-0.15, -0.1) is 0 Å². The molecule has 1 saturated heterocycles. The van der Waals surface area contributed by atoms with Crippen molar-refractivity contribution < 1.29 is 13.5 Å². The van der Waals surface area contributed by atoms with Crippen LogP contribution in [0.2, 0.25) is 0 Å². The lowest BCUT2D eigenvalue weighted by Gasteiger charge is -2.35. The first-order valence-corrected chi connectivity index (χ1v) is 12.7. The molecule has 1 aliphatic carbocycles. The van der Waals surface area contributed by atoms with Crippen LogP contribution >= 0.6 is 0 Å². The summed E-state index contributed by atoms with van der Waals surface area (Å²) in [5.74, 6) is 0.273. The highest BCUT2D eigenvalue weighted by Gasteiger charge is 2.25. The molecule has 38 heavy (non-hydrogen) atoms. The Morgan fingerprint density at radius 2 is 1.97 bits per heavy atom. The van der Waals surface area contributed by atoms with Gasteiger partial charge in [0, 0.05) is 62.4 Å². The second-order valence-corrected chi connectivity index (χ2v) is 9.51. The van der Waals surface area contributed by atoms with E-state index in [0.29, 0.717) is 55.5 Å². The molecule has 0 saturated carbocycles. The largest absolute Gasteiger partial charge is 0.421 e. The topological polar surface area (TPSA) is 89.7 Å². The van der Waals surface area contributed by atoms with Crippen molar-refractivity contribution in [3.8, 4) is 17.8 Å². The zero-order chi connectivity index (χ0) is 26.6. The Hall–Kier alpha value is -4.10. The Kier molecular flexibility index (Phi) is 7.47. The van der Waals surface area contributed by atoms with Gasteiger partial charge in [-0.05, 0) is 31.9 Å². The summed E-state index contributed by atoms with van der Waals surface area (Å²) in [6, 6.07) is 4.95. The van der Waals surface area contributed by atoms with Crippen molar-refractivity contribution in [2.24, 2.45) is 4.99 Å². The monoisotopic (exact) mass is 517 g/mol. The van der Waals surface area contributed by atoms with Crippen molar-refractivity contribution in [2.75, 3.05) is 49.5 Å². The van der Waals surface area contributed by atoms with Gasteiger partial charge in [0.25, 0.3) is 0 Å². The molecule has 2 aliphatic heterocycles. The number of piperazine rings is 1. The van der Waals surface area contributed by atoms with E-state index in [1.165, 1.54) is 0 Å². The first kappa shape index (κ1) is 25.5. The zero-order valence-corrected chi connectivity index (χ0v) is 21.5. The summed E-state index contributed by atoms with van der Waals surface area (Å²) in [6.45, 7) is 8.03. The Balaban J connectivity index is 1.43. The van der Waals surface area contributed by atoms with Gasteiger partial charge in [-0.3, -0.25) is 9.89 Å². The number of benzene rings is 1. The quantitative estimate of drug-likeness (QED) is 0.561. The number of rotatable bonds is 7. The molecule has 1 fully saturated rings. The number of halogens is 2. The van der Waals surface area contributed by atoms with Gasteiger partial charge in [0.2, 0.25) is 0 Å². The molecule has 1 aromatic carbocycles. The van der Waals surface area contributed by atoms with Crippen LogP contribution in [0.5, 0.6) is 11.8 Å². The molecule has 8 nitrogen and oxygen atoms in total. The summed E-state index contributed by atoms with van der Waals surface area (Å²) in [7, 11) is 0. The van der Waals surface area contributed by atoms with Crippen LogP contribution in [0.15, 0.2) is 46.5 Å². The highest BCUT2D eigenvalue weighted by Crippen LogP contribution is 2.36. The fourth-order valence-electron chi connectivity index (χ4n) is 4.80. The van der Waals surface area contributed by atoms with Crippen molar-refractivity contribution in [2.45, 2.75) is 26.7 Å². The number of aromatic nitrogens is 2. The normalized spacial score (nSPS) is 17.2. The molecule has 1 aromatic heterocycles. The Morgan fingerprint density at radius 3 is 2.74 bits per heavy atom. The highest BCUT2D eigenvalue weighted by atomic mass is 19.1. The van der Waals surface area contributed by atoms with Crippen molar-refractivity contribution >= 4 is 23.5 Å². The van der Waals surface area contributed by atoms with Crippen molar-refractivity contribution in [1.29, 1.82) is 5.26 Å². The number of aliphatic imine (C=N–C) groups is 1. The smallest absolute Gasteiger partial charge is 0.326 e. The van der Waals surface area contributed by atoms with Crippen LogP contribution in [0.3, 0.4) is 0 Å². The first-order chi connectivity index (χ1) is 18.4. The minimum Gasteiger partial charge on any atom is -0.421 e. The number of fused-ring (bicyclic) bond motifs is 1. The van der Waals surface area contributed by atoms with E-state index in [-0.39, 0.29) is 17.3 Å². The molecule has 0 amide bonds. The van der Waals surface area contributed by atoms with E-state index in [2.05, 4.69) is 36.1 Å². The molecule has 0 unspecified atom stereocenters. The van der Waals surface area contributed by atoms with Crippen molar-refractivity contribution in [3.05, 3.63) is 64.3 Å². The number of ether oxygens (including phenoxy) is 1. The lowest BCUT2D eigenvalue weighted by Crippen LogP contribution is -2.46. The number of nitrogens with zero attached hydrogens (tertiary/aromatic N) is 6. The third-order valence-electron chi connectivity index (χ3n) is 6.69. The molecular weight excluding hydrogens is 488 g/mol. The molecule has 0 spiro atoms. The van der Waals surface area contributed by atoms with Gasteiger partial charge in [0.05, 0.1) is 12.6 Å². The van der Waals surface area contributed by atoms with E-state index in [0.717, 1.165) is 36.8 Å². The Labute approximate surface area is 220 Å². The average molecular weight is 518 g/mol. The summed E-state index contributed by atoms with van der Waals surface area (Å²) in [4.78, 5) is 17.8. The van der Waals surface area contributed by atoms with Gasteiger partial charge in [0.1, 0.15) is 23.3 Å². The van der Waals surface area contributed by atoms with Crippen LogP contribution in [0, 0.1) is 23.0 Å². The van der Waals surface area contributed by atoms with Crippen LogP contribution in [0.1, 0.15) is 31.4 Å². The number of amidine groups is 1. The zero-order valence-electron chi connectivity index (χ0n) is 21.5. The van der Waals surface area contributed by atoms with E-state index in [9.17, 15) is 4.39 Å². The highest BCUT2D eigenvalue weighted by molar-refractivity contribution is 6.05. The van der Waals surface area contributed by atoms with Gasteiger partial charge in [-0.1, -0.05) is 23.8 Å². The number of nitrogens with one attached hydrogen (secondary N) is 1. The van der Waals surface area contributed by atoms with Gasteiger partial charge < -0.3 is 15.0 Å². The molecule has 3 aliphatic rings. The Morgan fingerprint density at radius 1 is 1.16 bits per heavy atom. The third-order valence-corrected chi connectivity index (χ3v) is 6.69. The molecule has 5 rings (SSSR count). The average Bonchev–Trinajstić information content (AvgIpc) is 3.52. The fraction of sp³-hybridized carbons (Fsp3) is 0.357. The number of nitriles is 1. The van der Waals surface area contributed by atoms with Gasteiger partial charge in [-0.2, -0.15) is 15.2 Å². The van der Waals surface area contributed by atoms with Gasteiger partial charge >= 0.3 is 6.01 Å². The van der Waals surface area contributed by atoms with Crippen LogP contribution in [-0.4, -0.2) is 60.0 Å². The summed E-state index contributed by atoms with van der Waals surface area (Å²) in [5, 5.41) is 12.1. The molecule has 3 heterocycles. The second kappa shape index (κ2) is 11.1. The van der Waals surface area contributed by atoms with E-state index in [1.54, 1.807) is 12.1 Å². The third kappa shape index (κ3) is 5.58. The SMILES string of the molecule is C/C=C/C1=CC(Nc2cc(N3CCN(CCC#N)CC3)nc(Oc3cc(F)c4c(c3F)C=C(C)C4)n2)=NC1. The molecule has 10 heteroatoms. The maximum Gasteiger partial charge on any atom is 0.326 e. The van der Waals surface area contributed by atoms with Crippen molar-refractivity contribution in [1.82, 2.24) is 14.9 Å². The van der Waals surface area contributed by atoms with Gasteiger partial charge in [-0.25, -0.2) is 8.78 Å². The summed E-state index contributed by atoms with van der Waals surface area (Å²) >= 11 is 0. The molecule has 0 radical (unpaired) electrons. The fourth-order valence-corrected chi connectivity index (χ4v) is 4.80. The van der Waals surface area contributed by atoms with Crippen LogP contribution in [0.25, 0.3) is 6.08 Å². The molecular formula is C28H29F2N7O. The molecule has 0 atom stereocenters. The number of hydrogen-bond donors (Lipinski definition) is 1. The lowest BCUT2D eigenvalue weighted by atomic mass is 10.1. The van der Waals surface area contributed by atoms with Gasteiger partial charge in [0.15, 0.2) is 11.6 Å². The lowest BCUT2D eigenvalue weighted by molar-refractivity contribution is 0.262. The van der Waals surface area contributed by atoms with Crippen LogP contribution in [-0.2, 0) is 6.42 Å². The van der Waals surface area contributed by atoms with E-state index in [4.69, 9.17) is 10.00 Å². The number of allylic oxidation sites excluding steroid dienone is 2. The van der Waals surface area contributed by atoms with E-state index >= 15 is 4.39 Å². The maximum atomic E-state index is 15.3. The van der Waals surface area contributed by atoms with E-state index < -0.39 is 11.6 Å². The summed E-state index contributed by atoms with van der Waals surface area (Å²) < 4.78 is 35.8. The molecule has 2 aromatic rings. The second-order valence-electron chi connectivity index (χ2n) is 9.51. The van der Waals surface area contributed by atoms with Crippen molar-refractivity contribution in [3.63, 3.8) is 0 Å². The molecule has 196 valence electrons. The predicted octanol–water partition coefficient (Wildman–Crippen LogP) is 4.87. The maximum absolute atomic E-state index is 15.3. The Bertz CT molecular complexity index is 1400. The molecule has 1 N–H and O–H groups in total. The minimum atomic E-state index is -0.632. The molecule has 0 bridgehead atoms. The van der Waals surface area contributed by atoms with E-state index in [1.807, 2.05) is 32.1 Å². The predicted molar refractivity (Wildman–Crippen MR) is 144 cm³/mol. The van der Waals surface area contributed by atoms with Crippen LogP contribution < -0.4 is 15.0 Å². The standard InChI is InChI=1S/C28H29F2N7O/c1-3-5-19-14-24(32-17-19)33-25-16-26(37-10-8-36(9-11-37)7-4-6-31)35-28(34-25)38-23-15-22(29)20-12-18(2)13-21(20)27(23)30/h3,5,13-16H,4,7-12,17H2,1-2H3,(H,32,33,34,35)/b5-3+. The van der Waals surface area contributed by atoms with Crippen LogP contribution in [0.4, 0.5) is 20.4 Å². The summed E-state index contributed by atoms with van der Waals surface area (Å²) in [6.07, 6.45) is 8.39. The summed E-state index contributed by atoms with van der Waals surface area (Å²) in [5.41, 5.74) is 2.49. The minimum absolute atomic E-state index is 0.0925. The number of anilines is 2. The first-order valence-electron chi connectivity index (χ1n) is 12.7. The number of hydrogen-bond acceptors (Lipinski definition) is 8.